The number of benzene rings is 1. The highest BCUT2D eigenvalue weighted by Gasteiger charge is 2.35. The molecule has 9 nitrogen and oxygen atoms in total. The average Bonchev–Trinajstić information content (AvgIpc) is 3.33. The Bertz CT molecular complexity index is 990. The van der Waals surface area contributed by atoms with E-state index >= 15 is 0 Å². The molecule has 1 aromatic carbocycles. The van der Waals surface area contributed by atoms with Crippen LogP contribution in [0.15, 0.2) is 30.3 Å². The van der Waals surface area contributed by atoms with Crippen LogP contribution in [0.1, 0.15) is 52.9 Å². The van der Waals surface area contributed by atoms with Crippen LogP contribution in [0.5, 0.6) is 0 Å². The Balaban J connectivity index is 1.75. The Morgan fingerprint density at radius 1 is 0.943 bits per heavy atom. The van der Waals surface area contributed by atoms with E-state index in [1.807, 2.05) is 44.2 Å². The van der Waals surface area contributed by atoms with E-state index in [1.165, 1.54) is 0 Å². The molecule has 10 heteroatoms. The van der Waals surface area contributed by atoms with Crippen molar-refractivity contribution in [1.82, 2.24) is 25.5 Å². The minimum Gasteiger partial charge on any atom is -0.343 e. The van der Waals surface area contributed by atoms with E-state index in [0.29, 0.717) is 10.7 Å². The van der Waals surface area contributed by atoms with Crippen molar-refractivity contribution in [2.75, 3.05) is 12.4 Å². The fourth-order valence-electron chi connectivity index (χ4n) is 4.30. The number of rotatable bonds is 10. The smallest absolute Gasteiger partial charge is 0.247 e. The Kier molecular flexibility index (Phi) is 9.73. The van der Waals surface area contributed by atoms with Gasteiger partial charge in [0.2, 0.25) is 17.7 Å². The number of aromatic nitrogens is 2. The molecule has 1 unspecified atom stereocenters. The monoisotopic (exact) mass is 500 g/mol. The zero-order valence-electron chi connectivity index (χ0n) is 20.8. The van der Waals surface area contributed by atoms with Crippen molar-refractivity contribution in [2.24, 2.45) is 11.8 Å². The number of nitrogens with one attached hydrogen (secondary N) is 4. The second-order valence-electron chi connectivity index (χ2n) is 9.43. The first-order valence-corrected chi connectivity index (χ1v) is 13.1. The SMILES string of the molecule is CN[C@@H](C)C(=O)N[C@H](C(=O)NC(C(=O)Nc1snnc1-c1ccccc1)C(C)C)C1CCCCC1. The lowest BCUT2D eigenvalue weighted by Gasteiger charge is -2.32. The molecular formula is C25H36N6O3S. The number of hydrogen-bond donors (Lipinski definition) is 4. The molecule has 1 fully saturated rings. The number of likely N-dealkylation sites (N-methyl/N-ethyl adjacent to an activating group) is 1. The number of hydrogen-bond acceptors (Lipinski definition) is 7. The fraction of sp³-hybridized carbons (Fsp3) is 0.560. The van der Waals surface area contributed by atoms with Gasteiger partial charge in [0.05, 0.1) is 6.04 Å². The van der Waals surface area contributed by atoms with Crippen LogP contribution in [-0.4, -0.2) is 52.5 Å². The number of carbonyl (C=O) groups is 3. The average molecular weight is 501 g/mol. The molecule has 190 valence electrons. The Hall–Kier alpha value is -2.85. The molecule has 0 bridgehead atoms. The third-order valence-electron chi connectivity index (χ3n) is 6.55. The molecule has 0 saturated heterocycles. The molecule has 1 aliphatic rings. The molecule has 0 radical (unpaired) electrons. The van der Waals surface area contributed by atoms with Gasteiger partial charge in [0.1, 0.15) is 22.8 Å². The quantitative estimate of drug-likeness (QED) is 0.398. The van der Waals surface area contributed by atoms with E-state index < -0.39 is 18.1 Å². The maximum absolute atomic E-state index is 13.5. The summed E-state index contributed by atoms with van der Waals surface area (Å²) in [5.74, 6) is -1.02. The summed E-state index contributed by atoms with van der Waals surface area (Å²) in [6, 6.07) is 7.61. The molecule has 1 aliphatic carbocycles. The first-order chi connectivity index (χ1) is 16.8. The molecular weight excluding hydrogens is 464 g/mol. The molecule has 3 atom stereocenters. The van der Waals surface area contributed by atoms with Gasteiger partial charge in [-0.2, -0.15) is 0 Å². The molecule has 4 N–H and O–H groups in total. The van der Waals surface area contributed by atoms with Crippen LogP contribution in [0, 0.1) is 11.8 Å². The Labute approximate surface area is 211 Å². The predicted octanol–water partition coefficient (Wildman–Crippen LogP) is 2.96. The van der Waals surface area contributed by atoms with Crippen molar-refractivity contribution in [3.05, 3.63) is 30.3 Å². The second-order valence-corrected chi connectivity index (χ2v) is 10.2. The largest absolute Gasteiger partial charge is 0.343 e. The summed E-state index contributed by atoms with van der Waals surface area (Å²) >= 11 is 1.09. The van der Waals surface area contributed by atoms with Crippen molar-refractivity contribution in [3.8, 4) is 11.3 Å². The summed E-state index contributed by atoms with van der Waals surface area (Å²) in [7, 11) is 1.71. The van der Waals surface area contributed by atoms with Crippen molar-refractivity contribution in [2.45, 2.75) is 71.0 Å². The summed E-state index contributed by atoms with van der Waals surface area (Å²) < 4.78 is 4.00. The fourth-order valence-corrected chi connectivity index (χ4v) is 4.90. The van der Waals surface area contributed by atoms with E-state index in [9.17, 15) is 14.4 Å². The summed E-state index contributed by atoms with van der Waals surface area (Å²) in [6.07, 6.45) is 4.94. The van der Waals surface area contributed by atoms with Gasteiger partial charge in [-0.1, -0.05) is 67.9 Å². The highest BCUT2D eigenvalue weighted by molar-refractivity contribution is 7.10. The highest BCUT2D eigenvalue weighted by Crippen LogP contribution is 2.29. The Morgan fingerprint density at radius 3 is 2.26 bits per heavy atom. The lowest BCUT2D eigenvalue weighted by Crippen LogP contribution is -2.58. The molecule has 3 amide bonds. The molecule has 0 aliphatic heterocycles. The second kappa shape index (κ2) is 12.7. The molecule has 1 aromatic heterocycles. The molecule has 1 saturated carbocycles. The Morgan fingerprint density at radius 2 is 1.63 bits per heavy atom. The van der Waals surface area contributed by atoms with Gasteiger partial charge < -0.3 is 21.3 Å². The lowest BCUT2D eigenvalue weighted by atomic mass is 9.83. The van der Waals surface area contributed by atoms with Crippen LogP contribution < -0.4 is 21.3 Å². The molecule has 2 aromatic rings. The normalized spacial score (nSPS) is 16.8. The third-order valence-corrected chi connectivity index (χ3v) is 7.19. The highest BCUT2D eigenvalue weighted by atomic mass is 32.1. The molecule has 1 heterocycles. The van der Waals surface area contributed by atoms with Gasteiger partial charge in [-0.25, -0.2) is 0 Å². The molecule has 3 rings (SSSR count). The van der Waals surface area contributed by atoms with Crippen LogP contribution in [0.25, 0.3) is 11.3 Å². The summed E-state index contributed by atoms with van der Waals surface area (Å²) in [5.41, 5.74) is 1.44. The van der Waals surface area contributed by atoms with Gasteiger partial charge in [0.15, 0.2) is 0 Å². The lowest BCUT2D eigenvalue weighted by molar-refractivity contribution is -0.133. The van der Waals surface area contributed by atoms with E-state index in [0.717, 1.165) is 49.2 Å². The van der Waals surface area contributed by atoms with E-state index in [1.54, 1.807) is 14.0 Å². The van der Waals surface area contributed by atoms with Crippen molar-refractivity contribution in [1.29, 1.82) is 0 Å². The standard InChI is InChI=1S/C25H36N6O3S/c1-15(2)19(23(33)29-25-21(30-31-35-25)18-13-9-6-10-14-18)27-24(34)20(17-11-7-5-8-12-17)28-22(32)16(3)26-4/h6,9-10,13-17,19-20,26H,5,7-8,11-12H2,1-4H3,(H,27,34)(H,28,32)(H,29,33)/t16-,19?,20-/m0/s1. The third kappa shape index (κ3) is 7.08. The molecule has 35 heavy (non-hydrogen) atoms. The van der Waals surface area contributed by atoms with Crippen LogP contribution in [0.3, 0.4) is 0 Å². The van der Waals surface area contributed by atoms with Crippen molar-refractivity contribution in [3.63, 3.8) is 0 Å². The van der Waals surface area contributed by atoms with Crippen LogP contribution in [-0.2, 0) is 14.4 Å². The molecule has 0 spiro atoms. The van der Waals surface area contributed by atoms with Gasteiger partial charge in [0.25, 0.3) is 0 Å². The summed E-state index contributed by atoms with van der Waals surface area (Å²) in [5, 5.41) is 16.4. The first-order valence-electron chi connectivity index (χ1n) is 12.3. The minimum absolute atomic E-state index is 0.0445. The summed E-state index contributed by atoms with van der Waals surface area (Å²) in [6.45, 7) is 5.51. The van der Waals surface area contributed by atoms with Gasteiger partial charge in [-0.05, 0) is 38.6 Å². The van der Waals surface area contributed by atoms with Crippen molar-refractivity contribution >= 4 is 34.3 Å². The van der Waals surface area contributed by atoms with Gasteiger partial charge in [0, 0.05) is 17.1 Å². The number of amides is 3. The van der Waals surface area contributed by atoms with Crippen LogP contribution in [0.4, 0.5) is 5.00 Å². The number of carbonyl (C=O) groups excluding carboxylic acids is 3. The predicted molar refractivity (Wildman–Crippen MR) is 138 cm³/mol. The van der Waals surface area contributed by atoms with E-state index in [4.69, 9.17) is 0 Å². The first kappa shape index (κ1) is 26.7. The summed E-state index contributed by atoms with van der Waals surface area (Å²) in [4.78, 5) is 39.3. The van der Waals surface area contributed by atoms with Crippen LogP contribution >= 0.6 is 11.5 Å². The van der Waals surface area contributed by atoms with E-state index in [-0.39, 0.29) is 29.6 Å². The van der Waals surface area contributed by atoms with Gasteiger partial charge >= 0.3 is 0 Å². The maximum Gasteiger partial charge on any atom is 0.247 e. The number of anilines is 1. The minimum atomic E-state index is -0.780. The zero-order chi connectivity index (χ0) is 25.4. The topological polar surface area (TPSA) is 125 Å². The van der Waals surface area contributed by atoms with Crippen molar-refractivity contribution < 1.29 is 14.4 Å². The zero-order valence-corrected chi connectivity index (χ0v) is 21.7. The van der Waals surface area contributed by atoms with Gasteiger partial charge in [-0.15, -0.1) is 5.10 Å². The van der Waals surface area contributed by atoms with Gasteiger partial charge in [-0.3, -0.25) is 14.4 Å². The number of nitrogens with zero attached hydrogens (tertiary/aromatic N) is 2. The van der Waals surface area contributed by atoms with Crippen LogP contribution in [0.2, 0.25) is 0 Å². The van der Waals surface area contributed by atoms with E-state index in [2.05, 4.69) is 30.9 Å². The maximum atomic E-state index is 13.5.